The fraction of sp³-hybridized carbons (Fsp3) is 0.300. The summed E-state index contributed by atoms with van der Waals surface area (Å²) in [4.78, 5) is 14.7. The van der Waals surface area contributed by atoms with Gasteiger partial charge in [-0.05, 0) is 43.4 Å². The molecule has 0 aliphatic rings. The lowest BCUT2D eigenvalue weighted by atomic mass is 10.1. The molecule has 0 unspecified atom stereocenters. The Morgan fingerprint density at radius 2 is 1.92 bits per heavy atom. The van der Waals surface area contributed by atoms with Gasteiger partial charge in [-0.25, -0.2) is 0 Å². The monoisotopic (exact) mass is 337 g/mol. The Morgan fingerprint density at radius 1 is 1.16 bits per heavy atom. The zero-order valence-electron chi connectivity index (χ0n) is 14.7. The van der Waals surface area contributed by atoms with Crippen molar-refractivity contribution in [1.29, 1.82) is 5.26 Å². The van der Waals surface area contributed by atoms with Crippen molar-refractivity contribution in [3.8, 4) is 11.8 Å². The molecule has 130 valence electrons. The number of para-hydroxylation sites is 2. The molecule has 0 aliphatic heterocycles. The van der Waals surface area contributed by atoms with Crippen LogP contribution in [-0.4, -0.2) is 37.0 Å². The topological polar surface area (TPSA) is 65.4 Å². The summed E-state index contributed by atoms with van der Waals surface area (Å²) in [7, 11) is 0. The molecule has 1 amide bonds. The Kier molecular flexibility index (Phi) is 7.00. The van der Waals surface area contributed by atoms with Crippen LogP contribution in [0.3, 0.4) is 0 Å². The first-order valence-electron chi connectivity index (χ1n) is 8.43. The van der Waals surface area contributed by atoms with Crippen LogP contribution in [0, 0.1) is 11.3 Å². The fourth-order valence-electron chi connectivity index (χ4n) is 2.44. The van der Waals surface area contributed by atoms with Crippen LogP contribution >= 0.6 is 0 Å². The number of carbonyl (C=O) groups excluding carboxylic acids is 1. The molecule has 0 aromatic heterocycles. The van der Waals surface area contributed by atoms with Crippen molar-refractivity contribution in [2.24, 2.45) is 0 Å². The van der Waals surface area contributed by atoms with Gasteiger partial charge in [-0.15, -0.1) is 0 Å². The summed E-state index contributed by atoms with van der Waals surface area (Å²) in [6.45, 7) is 7.58. The highest BCUT2D eigenvalue weighted by atomic mass is 16.5. The van der Waals surface area contributed by atoms with Crippen molar-refractivity contribution in [2.75, 3.05) is 31.6 Å². The van der Waals surface area contributed by atoms with Gasteiger partial charge in [-0.1, -0.05) is 32.0 Å². The highest BCUT2D eigenvalue weighted by Crippen LogP contribution is 2.24. The van der Waals surface area contributed by atoms with Gasteiger partial charge in [0.15, 0.2) is 0 Å². The number of amides is 1. The van der Waals surface area contributed by atoms with Crippen LogP contribution in [0.25, 0.3) is 0 Å². The summed E-state index contributed by atoms with van der Waals surface area (Å²) in [5.74, 6) is 0.372. The van der Waals surface area contributed by atoms with E-state index in [1.54, 1.807) is 30.3 Å². The maximum Gasteiger partial charge on any atom is 0.255 e. The van der Waals surface area contributed by atoms with Gasteiger partial charge in [0.05, 0.1) is 17.3 Å². The van der Waals surface area contributed by atoms with Crippen LogP contribution < -0.4 is 10.1 Å². The van der Waals surface area contributed by atoms with Gasteiger partial charge in [-0.2, -0.15) is 5.26 Å². The third-order valence-electron chi connectivity index (χ3n) is 3.95. The number of hydrogen-bond acceptors (Lipinski definition) is 4. The molecular weight excluding hydrogens is 314 g/mol. The predicted octanol–water partition coefficient (Wildman–Crippen LogP) is 3.53. The molecule has 0 fully saturated rings. The number of nitrogens with zero attached hydrogens (tertiary/aromatic N) is 2. The van der Waals surface area contributed by atoms with Crippen molar-refractivity contribution < 1.29 is 9.53 Å². The van der Waals surface area contributed by atoms with Gasteiger partial charge in [-0.3, -0.25) is 4.79 Å². The van der Waals surface area contributed by atoms with Crippen LogP contribution in [-0.2, 0) is 0 Å². The number of nitriles is 1. The highest BCUT2D eigenvalue weighted by Gasteiger charge is 2.10. The van der Waals surface area contributed by atoms with E-state index in [0.29, 0.717) is 29.2 Å². The Bertz CT molecular complexity index is 749. The van der Waals surface area contributed by atoms with E-state index in [9.17, 15) is 4.79 Å². The molecule has 0 radical (unpaired) electrons. The molecule has 2 rings (SSSR count). The minimum Gasteiger partial charge on any atom is -0.490 e. The second-order valence-electron chi connectivity index (χ2n) is 5.52. The molecule has 5 nitrogen and oxygen atoms in total. The third kappa shape index (κ3) is 5.33. The zero-order valence-corrected chi connectivity index (χ0v) is 14.7. The average molecular weight is 337 g/mol. The van der Waals surface area contributed by atoms with Gasteiger partial charge < -0.3 is 15.0 Å². The summed E-state index contributed by atoms with van der Waals surface area (Å²) >= 11 is 0. The van der Waals surface area contributed by atoms with Gasteiger partial charge in [0.2, 0.25) is 0 Å². The summed E-state index contributed by atoms with van der Waals surface area (Å²) in [6, 6.07) is 16.0. The second-order valence-corrected chi connectivity index (χ2v) is 5.52. The van der Waals surface area contributed by atoms with Gasteiger partial charge in [0.1, 0.15) is 12.4 Å². The largest absolute Gasteiger partial charge is 0.490 e. The van der Waals surface area contributed by atoms with Crippen LogP contribution in [0.1, 0.15) is 29.8 Å². The number of hydrogen-bond donors (Lipinski definition) is 1. The Balaban J connectivity index is 2.04. The lowest BCUT2D eigenvalue weighted by Crippen LogP contribution is -2.28. The first-order valence-corrected chi connectivity index (χ1v) is 8.43. The average Bonchev–Trinajstić information content (AvgIpc) is 2.66. The molecule has 0 bridgehead atoms. The quantitative estimate of drug-likeness (QED) is 0.800. The van der Waals surface area contributed by atoms with E-state index in [0.717, 1.165) is 19.6 Å². The molecule has 2 aromatic rings. The molecule has 0 aliphatic carbocycles. The molecule has 5 heteroatoms. The maximum atomic E-state index is 12.4. The van der Waals surface area contributed by atoms with E-state index in [1.165, 1.54) is 0 Å². The van der Waals surface area contributed by atoms with E-state index in [-0.39, 0.29) is 5.91 Å². The van der Waals surface area contributed by atoms with Gasteiger partial charge in [0, 0.05) is 12.1 Å². The molecule has 25 heavy (non-hydrogen) atoms. The SMILES string of the molecule is CCN(CC)CCOc1ccccc1NC(=O)c1cccc(C#N)c1. The molecule has 0 heterocycles. The smallest absolute Gasteiger partial charge is 0.255 e. The molecule has 2 aromatic carbocycles. The minimum atomic E-state index is -0.267. The van der Waals surface area contributed by atoms with Crippen LogP contribution in [0.5, 0.6) is 5.75 Å². The molecule has 0 saturated carbocycles. The van der Waals surface area contributed by atoms with E-state index in [1.807, 2.05) is 24.3 Å². The third-order valence-corrected chi connectivity index (χ3v) is 3.95. The lowest BCUT2D eigenvalue weighted by Gasteiger charge is -2.19. The number of ether oxygens (including phenoxy) is 1. The summed E-state index contributed by atoms with van der Waals surface area (Å²) in [5.41, 5.74) is 1.52. The minimum absolute atomic E-state index is 0.267. The van der Waals surface area contributed by atoms with E-state index in [4.69, 9.17) is 10.00 Å². The van der Waals surface area contributed by atoms with Crippen LogP contribution in [0.2, 0.25) is 0 Å². The fourth-order valence-corrected chi connectivity index (χ4v) is 2.44. The Morgan fingerprint density at radius 3 is 2.64 bits per heavy atom. The van der Waals surface area contributed by atoms with Crippen molar-refractivity contribution in [1.82, 2.24) is 4.90 Å². The second kappa shape index (κ2) is 9.45. The molecular formula is C20H23N3O2. The van der Waals surface area contributed by atoms with Crippen LogP contribution in [0.4, 0.5) is 5.69 Å². The standard InChI is InChI=1S/C20H23N3O2/c1-3-23(4-2)12-13-25-19-11-6-5-10-18(19)22-20(24)17-9-7-8-16(14-17)15-21/h5-11,14H,3-4,12-13H2,1-2H3,(H,22,24). The predicted molar refractivity (Wildman–Crippen MR) is 98.8 cm³/mol. The number of carbonyl (C=O) groups is 1. The normalized spacial score (nSPS) is 10.3. The van der Waals surface area contributed by atoms with E-state index < -0.39 is 0 Å². The number of anilines is 1. The van der Waals surface area contributed by atoms with E-state index in [2.05, 4.69) is 24.1 Å². The van der Waals surface area contributed by atoms with E-state index >= 15 is 0 Å². The maximum absolute atomic E-state index is 12.4. The zero-order chi connectivity index (χ0) is 18.1. The first kappa shape index (κ1) is 18.5. The van der Waals surface area contributed by atoms with Crippen molar-refractivity contribution in [3.63, 3.8) is 0 Å². The van der Waals surface area contributed by atoms with Crippen molar-refractivity contribution in [2.45, 2.75) is 13.8 Å². The van der Waals surface area contributed by atoms with Crippen molar-refractivity contribution >= 4 is 11.6 Å². The summed E-state index contributed by atoms with van der Waals surface area (Å²) in [6.07, 6.45) is 0. The van der Waals surface area contributed by atoms with Gasteiger partial charge >= 0.3 is 0 Å². The Labute approximate surface area is 148 Å². The molecule has 0 atom stereocenters. The Hall–Kier alpha value is -2.84. The summed E-state index contributed by atoms with van der Waals surface area (Å²) in [5, 5.41) is 11.8. The number of benzene rings is 2. The lowest BCUT2D eigenvalue weighted by molar-refractivity contribution is 0.102. The molecule has 0 saturated heterocycles. The summed E-state index contributed by atoms with van der Waals surface area (Å²) < 4.78 is 5.84. The van der Waals surface area contributed by atoms with Crippen molar-refractivity contribution in [3.05, 3.63) is 59.7 Å². The number of nitrogens with one attached hydrogen (secondary N) is 1. The van der Waals surface area contributed by atoms with Crippen LogP contribution in [0.15, 0.2) is 48.5 Å². The molecule has 1 N–H and O–H groups in total. The number of likely N-dealkylation sites (N-methyl/N-ethyl adjacent to an activating group) is 1. The van der Waals surface area contributed by atoms with Gasteiger partial charge in [0.25, 0.3) is 5.91 Å². The highest BCUT2D eigenvalue weighted by molar-refractivity contribution is 6.05. The molecule has 0 spiro atoms. The first-order chi connectivity index (χ1) is 12.2. The number of rotatable bonds is 8.